The van der Waals surface area contributed by atoms with Crippen molar-refractivity contribution in [3.05, 3.63) is 0 Å². The minimum Gasteiger partial charge on any atom is -0.363 e. The number of rotatable bonds is 3. The number of likely N-dealkylation sites (N-methyl/N-ethyl adjacent to an activating group) is 1. The van der Waals surface area contributed by atoms with E-state index >= 15 is 0 Å². The molecule has 1 aliphatic heterocycles. The minimum atomic E-state index is -0.294. The van der Waals surface area contributed by atoms with Gasteiger partial charge in [0.15, 0.2) is 5.96 Å². The predicted octanol–water partition coefficient (Wildman–Crippen LogP) is 0.101. The van der Waals surface area contributed by atoms with Gasteiger partial charge in [0.2, 0.25) is 0 Å². The number of carbonyl (C=O) groups excluding carboxylic acids is 1. The topological polar surface area (TPSA) is 48.4 Å². The fourth-order valence-corrected chi connectivity index (χ4v) is 2.18. The van der Waals surface area contributed by atoms with Gasteiger partial charge in [-0.3, -0.25) is 9.79 Å². The lowest BCUT2D eigenvalue weighted by molar-refractivity contribution is -0.140. The molecule has 6 heteroatoms. The summed E-state index contributed by atoms with van der Waals surface area (Å²) in [5.74, 6) is 0.956. The second kappa shape index (κ2) is 6.75. The molecule has 0 N–H and O–H groups in total. The highest BCUT2D eigenvalue weighted by Crippen LogP contribution is 2.21. The maximum atomic E-state index is 11.8. The molecule has 0 spiro atoms. The summed E-state index contributed by atoms with van der Waals surface area (Å²) >= 11 is 0. The molecule has 0 aromatic rings. The van der Waals surface area contributed by atoms with Crippen LogP contribution in [-0.4, -0.2) is 87.6 Å². The Balaban J connectivity index is 2.52. The number of hydrogen-bond donors (Lipinski definition) is 0. The maximum Gasteiger partial charge on any atom is 0.251 e. The van der Waals surface area contributed by atoms with Gasteiger partial charge in [0.25, 0.3) is 5.91 Å². The van der Waals surface area contributed by atoms with Crippen LogP contribution in [0.1, 0.15) is 12.8 Å². The normalized spacial score (nSPS) is 22.0. The molecule has 0 bridgehead atoms. The van der Waals surface area contributed by atoms with Crippen molar-refractivity contribution in [2.75, 3.05) is 48.8 Å². The van der Waals surface area contributed by atoms with Crippen molar-refractivity contribution in [3.8, 4) is 0 Å². The first kappa shape index (κ1) is 15.8. The average molecular weight is 270 g/mol. The van der Waals surface area contributed by atoms with Crippen molar-refractivity contribution in [2.24, 2.45) is 4.99 Å². The third-order valence-corrected chi connectivity index (χ3v) is 3.06. The molecule has 0 radical (unpaired) electrons. The van der Waals surface area contributed by atoms with Gasteiger partial charge in [-0.05, 0) is 12.8 Å². The monoisotopic (exact) mass is 270 g/mol. The van der Waals surface area contributed by atoms with Crippen LogP contribution < -0.4 is 0 Å². The van der Waals surface area contributed by atoms with E-state index in [2.05, 4.69) is 4.99 Å². The minimum absolute atomic E-state index is 0.0452. The lowest BCUT2D eigenvalue weighted by Crippen LogP contribution is -2.36. The Bertz CT molecular complexity index is 330. The molecule has 1 rings (SSSR count). The number of carbonyl (C=O) groups is 1. The van der Waals surface area contributed by atoms with Gasteiger partial charge in [-0.25, -0.2) is 0 Å². The van der Waals surface area contributed by atoms with Crippen molar-refractivity contribution < 1.29 is 9.53 Å². The van der Waals surface area contributed by atoms with Gasteiger partial charge in [0.05, 0.1) is 12.6 Å². The fourth-order valence-electron chi connectivity index (χ4n) is 2.18. The van der Waals surface area contributed by atoms with E-state index in [0.29, 0.717) is 6.54 Å². The third kappa shape index (κ3) is 4.38. The van der Waals surface area contributed by atoms with Gasteiger partial charge in [0.1, 0.15) is 6.10 Å². The summed E-state index contributed by atoms with van der Waals surface area (Å²) in [5.41, 5.74) is 0. The quantitative estimate of drug-likeness (QED) is 0.539. The molecule has 0 aromatic heterocycles. The highest BCUT2D eigenvalue weighted by atomic mass is 16.5. The first-order valence-corrected chi connectivity index (χ1v) is 6.58. The zero-order chi connectivity index (χ0) is 14.6. The molecular formula is C13H26N4O2. The molecule has 110 valence electrons. The predicted molar refractivity (Wildman–Crippen MR) is 76.3 cm³/mol. The summed E-state index contributed by atoms with van der Waals surface area (Å²) in [7, 11) is 11.4. The van der Waals surface area contributed by atoms with E-state index in [-0.39, 0.29) is 18.1 Å². The zero-order valence-corrected chi connectivity index (χ0v) is 12.9. The van der Waals surface area contributed by atoms with Crippen molar-refractivity contribution in [3.63, 3.8) is 0 Å². The fraction of sp³-hybridized carbons (Fsp3) is 0.846. The Morgan fingerprint density at radius 1 is 1.05 bits per heavy atom. The van der Waals surface area contributed by atoms with Crippen LogP contribution in [0.2, 0.25) is 0 Å². The molecule has 1 saturated heterocycles. The number of nitrogens with zero attached hydrogens (tertiary/aromatic N) is 4. The number of ether oxygens (including phenoxy) is 1. The summed E-state index contributed by atoms with van der Waals surface area (Å²) in [6.07, 6.45) is 1.43. The van der Waals surface area contributed by atoms with Crippen LogP contribution in [0.3, 0.4) is 0 Å². The highest BCUT2D eigenvalue weighted by Gasteiger charge is 2.31. The van der Waals surface area contributed by atoms with Crippen LogP contribution in [0.15, 0.2) is 4.99 Å². The van der Waals surface area contributed by atoms with Crippen LogP contribution in [0, 0.1) is 0 Å². The van der Waals surface area contributed by atoms with E-state index in [1.54, 1.807) is 19.0 Å². The van der Waals surface area contributed by atoms with Gasteiger partial charge < -0.3 is 19.4 Å². The molecule has 1 aliphatic rings. The average Bonchev–Trinajstić information content (AvgIpc) is 2.75. The van der Waals surface area contributed by atoms with Crippen LogP contribution in [0.5, 0.6) is 0 Å². The van der Waals surface area contributed by atoms with Gasteiger partial charge in [0, 0.05) is 42.3 Å². The van der Waals surface area contributed by atoms with E-state index in [4.69, 9.17) is 4.74 Å². The molecule has 0 aliphatic carbocycles. The number of aliphatic imine (C=N–C) groups is 1. The Morgan fingerprint density at radius 2 is 1.63 bits per heavy atom. The molecule has 1 amide bonds. The van der Waals surface area contributed by atoms with Crippen molar-refractivity contribution in [1.82, 2.24) is 14.7 Å². The van der Waals surface area contributed by atoms with E-state index in [0.717, 1.165) is 18.8 Å². The van der Waals surface area contributed by atoms with E-state index in [9.17, 15) is 4.79 Å². The number of amides is 1. The molecular weight excluding hydrogens is 244 g/mol. The van der Waals surface area contributed by atoms with Crippen LogP contribution in [-0.2, 0) is 9.53 Å². The molecule has 0 aromatic carbocycles. The van der Waals surface area contributed by atoms with Gasteiger partial charge in [-0.15, -0.1) is 0 Å². The van der Waals surface area contributed by atoms with E-state index < -0.39 is 0 Å². The van der Waals surface area contributed by atoms with Crippen molar-refractivity contribution in [2.45, 2.75) is 25.0 Å². The molecule has 0 unspecified atom stereocenters. The first-order valence-electron chi connectivity index (χ1n) is 6.58. The zero-order valence-electron chi connectivity index (χ0n) is 12.9. The molecule has 19 heavy (non-hydrogen) atoms. The summed E-state index contributed by atoms with van der Waals surface area (Å²) in [4.78, 5) is 21.9. The maximum absolute atomic E-state index is 11.8. The molecule has 6 nitrogen and oxygen atoms in total. The second-order valence-electron chi connectivity index (χ2n) is 5.49. The summed E-state index contributed by atoms with van der Waals surface area (Å²) in [6.45, 7) is 0.600. The SMILES string of the molecule is CN(C)C(=O)[C@@H]1CC[C@H](CN=C(N(C)C)N(C)C)O1. The smallest absolute Gasteiger partial charge is 0.251 e. The highest BCUT2D eigenvalue weighted by molar-refractivity contribution is 5.80. The summed E-state index contributed by atoms with van der Waals surface area (Å²) < 4.78 is 5.76. The van der Waals surface area contributed by atoms with Crippen LogP contribution in [0.4, 0.5) is 0 Å². The molecule has 2 atom stereocenters. The standard InChI is InChI=1S/C13H26N4O2/c1-15(2)12(18)11-8-7-10(19-11)9-14-13(16(3)4)17(5)6/h10-11H,7-9H2,1-6H3/t10-,11+/m1/s1. The van der Waals surface area contributed by atoms with Crippen molar-refractivity contribution in [1.29, 1.82) is 0 Å². The Labute approximate surface area is 116 Å². The number of hydrogen-bond acceptors (Lipinski definition) is 3. The molecule has 1 heterocycles. The van der Waals surface area contributed by atoms with Crippen LogP contribution >= 0.6 is 0 Å². The second-order valence-corrected chi connectivity index (χ2v) is 5.49. The Hall–Kier alpha value is -1.30. The molecule has 1 fully saturated rings. The lowest BCUT2D eigenvalue weighted by atomic mass is 10.2. The Kier molecular flexibility index (Phi) is 5.60. The van der Waals surface area contributed by atoms with Gasteiger partial charge >= 0.3 is 0 Å². The van der Waals surface area contributed by atoms with Gasteiger partial charge in [-0.1, -0.05) is 0 Å². The van der Waals surface area contributed by atoms with E-state index in [1.807, 2.05) is 38.0 Å². The largest absolute Gasteiger partial charge is 0.363 e. The van der Waals surface area contributed by atoms with E-state index in [1.165, 1.54) is 0 Å². The lowest BCUT2D eigenvalue weighted by Gasteiger charge is -2.23. The summed E-state index contributed by atoms with van der Waals surface area (Å²) in [6, 6.07) is 0. The first-order chi connectivity index (χ1) is 8.82. The number of guanidine groups is 1. The van der Waals surface area contributed by atoms with Crippen LogP contribution in [0.25, 0.3) is 0 Å². The van der Waals surface area contributed by atoms with Crippen molar-refractivity contribution >= 4 is 11.9 Å². The third-order valence-electron chi connectivity index (χ3n) is 3.06. The molecule has 0 saturated carbocycles. The van der Waals surface area contributed by atoms with Gasteiger partial charge in [-0.2, -0.15) is 0 Å². The Morgan fingerprint density at radius 3 is 2.11 bits per heavy atom. The summed E-state index contributed by atoms with van der Waals surface area (Å²) in [5, 5.41) is 0.